The van der Waals surface area contributed by atoms with E-state index in [1.165, 1.54) is 11.3 Å². The van der Waals surface area contributed by atoms with Gasteiger partial charge in [0, 0.05) is 18.3 Å². The largest absolute Gasteiger partial charge is 0.366 e. The van der Waals surface area contributed by atoms with E-state index in [0.29, 0.717) is 12.0 Å². The van der Waals surface area contributed by atoms with Crippen molar-refractivity contribution in [2.75, 3.05) is 16.8 Å². The highest BCUT2D eigenvalue weighted by molar-refractivity contribution is 5.63. The van der Waals surface area contributed by atoms with Crippen LogP contribution in [0.25, 0.3) is 0 Å². The minimum atomic E-state index is 0.378. The monoisotopic (exact) mass is 283 g/mol. The molecule has 0 spiro atoms. The van der Waals surface area contributed by atoms with Crippen LogP contribution in [-0.2, 0) is 6.42 Å². The van der Waals surface area contributed by atoms with Crippen molar-refractivity contribution in [1.29, 1.82) is 0 Å². The highest BCUT2D eigenvalue weighted by Gasteiger charge is 2.20. The third-order valence-corrected chi connectivity index (χ3v) is 3.91. The first-order valence-electron chi connectivity index (χ1n) is 7.59. The summed E-state index contributed by atoms with van der Waals surface area (Å²) >= 11 is 0. The first-order valence-corrected chi connectivity index (χ1v) is 7.59. The number of hydrogen-bond acceptors (Lipinski definition) is 5. The van der Waals surface area contributed by atoms with Gasteiger partial charge in [0.2, 0.25) is 0 Å². The molecule has 5 nitrogen and oxygen atoms in total. The lowest BCUT2D eigenvalue weighted by atomic mass is 10.0. The highest BCUT2D eigenvalue weighted by Crippen LogP contribution is 2.31. The zero-order valence-corrected chi connectivity index (χ0v) is 12.6. The average Bonchev–Trinajstić information content (AvgIpc) is 2.54. The van der Waals surface area contributed by atoms with Crippen molar-refractivity contribution in [3.63, 3.8) is 0 Å². The second-order valence-corrected chi connectivity index (χ2v) is 5.48. The van der Waals surface area contributed by atoms with Crippen LogP contribution in [0.15, 0.2) is 30.5 Å². The van der Waals surface area contributed by atoms with Gasteiger partial charge in [0.1, 0.15) is 0 Å². The fraction of sp³-hybridized carbons (Fsp3) is 0.438. The lowest BCUT2D eigenvalue weighted by Gasteiger charge is -2.29. The number of para-hydroxylation sites is 1. The Kier molecular flexibility index (Phi) is 3.99. The minimum Gasteiger partial charge on any atom is -0.366 e. The van der Waals surface area contributed by atoms with Crippen molar-refractivity contribution < 1.29 is 0 Å². The van der Waals surface area contributed by atoms with Gasteiger partial charge in [-0.1, -0.05) is 25.1 Å². The zero-order chi connectivity index (χ0) is 14.7. The summed E-state index contributed by atoms with van der Waals surface area (Å²) < 4.78 is 0. The van der Waals surface area contributed by atoms with Crippen LogP contribution in [0.4, 0.5) is 17.5 Å². The van der Waals surface area contributed by atoms with Gasteiger partial charge in [0.05, 0.1) is 6.20 Å². The topological polar surface area (TPSA) is 53.9 Å². The summed E-state index contributed by atoms with van der Waals surface area (Å²) in [6.07, 6.45) is 4.96. The summed E-state index contributed by atoms with van der Waals surface area (Å²) in [5.74, 6) is 1.47. The molecule has 110 valence electrons. The maximum atomic E-state index is 4.62. The van der Waals surface area contributed by atoms with E-state index in [0.717, 1.165) is 31.6 Å². The molecule has 5 heteroatoms. The number of hydrogen-bond donors (Lipinski definition) is 1. The van der Waals surface area contributed by atoms with Gasteiger partial charge in [0.15, 0.2) is 5.82 Å². The number of nitrogens with zero attached hydrogens (tertiary/aromatic N) is 4. The summed E-state index contributed by atoms with van der Waals surface area (Å²) in [4.78, 5) is 6.78. The van der Waals surface area contributed by atoms with Crippen LogP contribution in [0.1, 0.15) is 32.3 Å². The van der Waals surface area contributed by atoms with Gasteiger partial charge in [-0.2, -0.15) is 10.1 Å². The smallest absolute Gasteiger partial charge is 0.251 e. The predicted octanol–water partition coefficient (Wildman–Crippen LogP) is 3.17. The Morgan fingerprint density at radius 3 is 3.05 bits per heavy atom. The Morgan fingerprint density at radius 1 is 1.33 bits per heavy atom. The Labute approximate surface area is 125 Å². The molecule has 0 fully saturated rings. The Morgan fingerprint density at radius 2 is 2.19 bits per heavy atom. The van der Waals surface area contributed by atoms with Crippen LogP contribution in [0.2, 0.25) is 0 Å². The Balaban J connectivity index is 1.89. The quantitative estimate of drug-likeness (QED) is 0.934. The van der Waals surface area contributed by atoms with Crippen molar-refractivity contribution in [2.24, 2.45) is 0 Å². The Hall–Kier alpha value is -2.17. The van der Waals surface area contributed by atoms with Gasteiger partial charge in [-0.15, -0.1) is 5.10 Å². The second kappa shape index (κ2) is 6.08. The molecule has 21 heavy (non-hydrogen) atoms. The molecule has 1 unspecified atom stereocenters. The summed E-state index contributed by atoms with van der Waals surface area (Å²) in [6.45, 7) is 5.22. The Bertz CT molecular complexity index is 613. The molecule has 0 saturated heterocycles. The molecule has 1 aliphatic rings. The molecule has 1 aliphatic heterocycles. The molecule has 0 amide bonds. The minimum absolute atomic E-state index is 0.378. The van der Waals surface area contributed by atoms with E-state index in [4.69, 9.17) is 0 Å². The van der Waals surface area contributed by atoms with Crippen molar-refractivity contribution >= 4 is 17.5 Å². The molecule has 2 aromatic rings. The van der Waals surface area contributed by atoms with E-state index in [-0.39, 0.29) is 0 Å². The number of anilines is 3. The second-order valence-electron chi connectivity index (χ2n) is 5.48. The van der Waals surface area contributed by atoms with Gasteiger partial charge in [-0.25, -0.2) is 0 Å². The predicted molar refractivity (Wildman–Crippen MR) is 85.0 cm³/mol. The molecule has 1 aromatic heterocycles. The molecule has 1 aromatic carbocycles. The molecule has 0 radical (unpaired) electrons. The van der Waals surface area contributed by atoms with Crippen LogP contribution in [0, 0.1) is 0 Å². The molecular formula is C16H21N5. The number of fused-ring (bicyclic) bond motifs is 1. The molecule has 1 N–H and O–H groups in total. The average molecular weight is 283 g/mol. The van der Waals surface area contributed by atoms with Crippen LogP contribution in [-0.4, -0.2) is 27.8 Å². The van der Waals surface area contributed by atoms with E-state index < -0.39 is 0 Å². The first-order chi connectivity index (χ1) is 10.3. The standard InChI is InChI=1S/C16H21N5/c1-3-12(2)18-15-11-17-20-16(19-15)21-10-6-8-13-7-4-5-9-14(13)21/h4-5,7,9,11-12H,3,6,8,10H2,1-2H3,(H,18,19,20). The van der Waals surface area contributed by atoms with Crippen LogP contribution < -0.4 is 10.2 Å². The summed E-state index contributed by atoms with van der Waals surface area (Å²) in [5.41, 5.74) is 2.55. The molecule has 3 rings (SSSR count). The molecular weight excluding hydrogens is 262 g/mol. The van der Waals surface area contributed by atoms with Gasteiger partial charge in [0.25, 0.3) is 5.95 Å². The third-order valence-electron chi connectivity index (χ3n) is 3.91. The van der Waals surface area contributed by atoms with Gasteiger partial charge in [-0.3, -0.25) is 0 Å². The SMILES string of the molecule is CCC(C)Nc1cnnc(N2CCCc3ccccc32)n1. The van der Waals surface area contributed by atoms with E-state index in [1.807, 2.05) is 0 Å². The molecule has 2 heterocycles. The molecule has 0 saturated carbocycles. The zero-order valence-electron chi connectivity index (χ0n) is 12.6. The normalized spacial score (nSPS) is 15.4. The van der Waals surface area contributed by atoms with Crippen molar-refractivity contribution in [2.45, 2.75) is 39.2 Å². The van der Waals surface area contributed by atoms with Crippen molar-refractivity contribution in [3.8, 4) is 0 Å². The fourth-order valence-electron chi connectivity index (χ4n) is 2.57. The first kappa shape index (κ1) is 13.8. The van der Waals surface area contributed by atoms with E-state index >= 15 is 0 Å². The molecule has 0 bridgehead atoms. The molecule has 0 aliphatic carbocycles. The fourth-order valence-corrected chi connectivity index (χ4v) is 2.57. The number of rotatable bonds is 4. The summed E-state index contributed by atoms with van der Waals surface area (Å²) in [7, 11) is 0. The van der Waals surface area contributed by atoms with Crippen LogP contribution in [0.3, 0.4) is 0 Å². The van der Waals surface area contributed by atoms with Crippen LogP contribution >= 0.6 is 0 Å². The van der Waals surface area contributed by atoms with Crippen molar-refractivity contribution in [1.82, 2.24) is 15.2 Å². The van der Waals surface area contributed by atoms with E-state index in [9.17, 15) is 0 Å². The summed E-state index contributed by atoms with van der Waals surface area (Å²) in [6, 6.07) is 8.83. The van der Waals surface area contributed by atoms with E-state index in [1.54, 1.807) is 6.20 Å². The highest BCUT2D eigenvalue weighted by atomic mass is 15.3. The number of nitrogens with one attached hydrogen (secondary N) is 1. The van der Waals surface area contributed by atoms with E-state index in [2.05, 4.69) is 63.5 Å². The maximum absolute atomic E-state index is 4.62. The van der Waals surface area contributed by atoms with Gasteiger partial charge in [-0.05, 0) is 37.8 Å². The number of benzene rings is 1. The lowest BCUT2D eigenvalue weighted by Crippen LogP contribution is -2.27. The number of aryl methyl sites for hydroxylation is 1. The number of aromatic nitrogens is 3. The van der Waals surface area contributed by atoms with Crippen LogP contribution in [0.5, 0.6) is 0 Å². The maximum Gasteiger partial charge on any atom is 0.251 e. The van der Waals surface area contributed by atoms with Crippen molar-refractivity contribution in [3.05, 3.63) is 36.0 Å². The molecule has 1 atom stereocenters. The summed E-state index contributed by atoms with van der Waals surface area (Å²) in [5, 5.41) is 11.7. The lowest BCUT2D eigenvalue weighted by molar-refractivity contribution is 0.732. The third kappa shape index (κ3) is 2.96. The van der Waals surface area contributed by atoms with Gasteiger partial charge >= 0.3 is 0 Å². The van der Waals surface area contributed by atoms with Gasteiger partial charge < -0.3 is 10.2 Å².